The molecule has 0 saturated carbocycles. The zero-order chi connectivity index (χ0) is 15.4. The highest BCUT2D eigenvalue weighted by molar-refractivity contribution is 9.10. The molecule has 0 bridgehead atoms. The normalized spacial score (nSPS) is 9.95. The molecule has 0 aliphatic heterocycles. The predicted octanol–water partition coefficient (Wildman–Crippen LogP) is 3.38. The molecule has 2 aromatic rings. The third kappa shape index (κ3) is 3.52. The van der Waals surface area contributed by atoms with Crippen LogP contribution in [-0.2, 0) is 6.54 Å². The fraction of sp³-hybridized carbons (Fsp3) is 0.0769. The summed E-state index contributed by atoms with van der Waals surface area (Å²) in [7, 11) is 0. The Balaban J connectivity index is 2.13. The Bertz CT molecular complexity index is 745. The van der Waals surface area contributed by atoms with E-state index in [2.05, 4.69) is 26.2 Å². The topological polar surface area (TPSA) is 91.8 Å². The molecule has 0 aliphatic rings. The van der Waals surface area contributed by atoms with Crippen molar-refractivity contribution in [3.05, 3.63) is 62.0 Å². The quantitative estimate of drug-likeness (QED) is 0.674. The van der Waals surface area contributed by atoms with Crippen molar-refractivity contribution in [2.75, 3.05) is 5.32 Å². The number of anilines is 1. The Morgan fingerprint density at radius 2 is 2.24 bits per heavy atom. The zero-order valence-corrected chi connectivity index (χ0v) is 12.1. The average molecular weight is 351 g/mol. The van der Waals surface area contributed by atoms with E-state index in [4.69, 9.17) is 5.26 Å². The molecule has 1 aromatic heterocycles. The molecule has 106 valence electrons. The van der Waals surface area contributed by atoms with Crippen LogP contribution in [0.15, 0.2) is 34.9 Å². The van der Waals surface area contributed by atoms with Crippen LogP contribution >= 0.6 is 15.9 Å². The fourth-order valence-corrected chi connectivity index (χ4v) is 2.07. The van der Waals surface area contributed by atoms with Gasteiger partial charge in [-0.3, -0.25) is 10.1 Å². The van der Waals surface area contributed by atoms with Gasteiger partial charge in [0, 0.05) is 18.2 Å². The van der Waals surface area contributed by atoms with E-state index < -0.39 is 10.7 Å². The highest BCUT2D eigenvalue weighted by atomic mass is 79.9. The first-order valence-corrected chi connectivity index (χ1v) is 6.53. The first-order chi connectivity index (χ1) is 10.0. The molecule has 6 nitrogen and oxygen atoms in total. The van der Waals surface area contributed by atoms with Gasteiger partial charge in [-0.25, -0.2) is 9.37 Å². The number of aromatic nitrogens is 1. The summed E-state index contributed by atoms with van der Waals surface area (Å²) >= 11 is 3.16. The van der Waals surface area contributed by atoms with Gasteiger partial charge in [0.2, 0.25) is 0 Å². The second-order valence-electron chi connectivity index (χ2n) is 4.05. The Morgan fingerprint density at radius 1 is 1.48 bits per heavy atom. The van der Waals surface area contributed by atoms with Gasteiger partial charge in [-0.1, -0.05) is 6.07 Å². The fourth-order valence-electron chi connectivity index (χ4n) is 1.60. The summed E-state index contributed by atoms with van der Waals surface area (Å²) in [5.74, 6) is -0.135. The highest BCUT2D eigenvalue weighted by Crippen LogP contribution is 2.25. The van der Waals surface area contributed by atoms with E-state index in [1.54, 1.807) is 0 Å². The Hall–Kier alpha value is -2.53. The molecule has 0 spiro atoms. The smallest absolute Gasteiger partial charge is 0.288 e. The molecule has 0 fully saturated rings. The molecule has 0 radical (unpaired) electrons. The van der Waals surface area contributed by atoms with Crippen molar-refractivity contribution >= 4 is 27.4 Å². The van der Waals surface area contributed by atoms with E-state index in [0.717, 1.165) is 12.3 Å². The van der Waals surface area contributed by atoms with Crippen molar-refractivity contribution in [3.63, 3.8) is 0 Å². The van der Waals surface area contributed by atoms with E-state index in [1.165, 1.54) is 18.2 Å². The van der Waals surface area contributed by atoms with Gasteiger partial charge in [-0.05, 0) is 28.1 Å². The molecule has 1 aromatic carbocycles. The Kier molecular flexibility index (Phi) is 4.45. The Labute approximate surface area is 127 Å². The summed E-state index contributed by atoms with van der Waals surface area (Å²) in [5, 5.41) is 22.1. The van der Waals surface area contributed by atoms with Crippen LogP contribution in [0.2, 0.25) is 0 Å². The SMILES string of the molecule is N#Cc1ccc(CNc2ncc([N+](=O)[O-])cc2Br)c(F)c1. The number of hydrogen-bond donors (Lipinski definition) is 1. The second kappa shape index (κ2) is 6.28. The van der Waals surface area contributed by atoms with Crippen molar-refractivity contribution in [1.29, 1.82) is 5.26 Å². The first kappa shape index (κ1) is 14.9. The van der Waals surface area contributed by atoms with Crippen LogP contribution < -0.4 is 5.32 Å². The van der Waals surface area contributed by atoms with E-state index in [9.17, 15) is 14.5 Å². The third-order valence-electron chi connectivity index (χ3n) is 2.67. The van der Waals surface area contributed by atoms with E-state index in [0.29, 0.717) is 15.9 Å². The number of benzene rings is 1. The number of pyridine rings is 1. The lowest BCUT2D eigenvalue weighted by molar-refractivity contribution is -0.385. The highest BCUT2D eigenvalue weighted by Gasteiger charge is 2.11. The third-order valence-corrected chi connectivity index (χ3v) is 3.27. The van der Waals surface area contributed by atoms with Gasteiger partial charge in [-0.2, -0.15) is 5.26 Å². The summed E-state index contributed by atoms with van der Waals surface area (Å²) in [6.45, 7) is 0.140. The van der Waals surface area contributed by atoms with Crippen LogP contribution in [0.1, 0.15) is 11.1 Å². The van der Waals surface area contributed by atoms with Gasteiger partial charge in [-0.15, -0.1) is 0 Å². The van der Waals surface area contributed by atoms with Crippen LogP contribution in [0.25, 0.3) is 0 Å². The summed E-state index contributed by atoms with van der Waals surface area (Å²) in [4.78, 5) is 13.9. The van der Waals surface area contributed by atoms with Gasteiger partial charge in [0.1, 0.15) is 17.8 Å². The number of nitrogens with zero attached hydrogens (tertiary/aromatic N) is 3. The van der Waals surface area contributed by atoms with Gasteiger partial charge in [0.15, 0.2) is 0 Å². The molecular weight excluding hydrogens is 343 g/mol. The number of rotatable bonds is 4. The largest absolute Gasteiger partial charge is 0.365 e. The minimum atomic E-state index is -0.554. The van der Waals surface area contributed by atoms with Crippen molar-refractivity contribution in [2.24, 2.45) is 0 Å². The van der Waals surface area contributed by atoms with Crippen LogP contribution in [0, 0.1) is 27.3 Å². The van der Waals surface area contributed by atoms with E-state index >= 15 is 0 Å². The zero-order valence-electron chi connectivity index (χ0n) is 10.5. The van der Waals surface area contributed by atoms with Crippen LogP contribution in [-0.4, -0.2) is 9.91 Å². The second-order valence-corrected chi connectivity index (χ2v) is 4.91. The summed E-state index contributed by atoms with van der Waals surface area (Å²) in [6, 6.07) is 7.32. The minimum absolute atomic E-state index is 0.140. The maximum absolute atomic E-state index is 13.7. The van der Waals surface area contributed by atoms with E-state index in [-0.39, 0.29) is 17.8 Å². The molecule has 0 aliphatic carbocycles. The average Bonchev–Trinajstić information content (AvgIpc) is 2.46. The number of halogens is 2. The lowest BCUT2D eigenvalue weighted by Crippen LogP contribution is -2.04. The predicted molar refractivity (Wildman–Crippen MR) is 77.0 cm³/mol. The first-order valence-electron chi connectivity index (χ1n) is 5.73. The molecule has 0 atom stereocenters. The number of hydrogen-bond acceptors (Lipinski definition) is 5. The van der Waals surface area contributed by atoms with Crippen LogP contribution in [0.5, 0.6) is 0 Å². The van der Waals surface area contributed by atoms with Crippen molar-refractivity contribution in [2.45, 2.75) is 6.54 Å². The van der Waals surface area contributed by atoms with Crippen LogP contribution in [0.4, 0.5) is 15.9 Å². The van der Waals surface area contributed by atoms with Gasteiger partial charge < -0.3 is 5.32 Å². The molecule has 0 amide bonds. The molecular formula is C13H8BrFN4O2. The molecule has 0 saturated heterocycles. The lowest BCUT2D eigenvalue weighted by Gasteiger charge is -2.08. The van der Waals surface area contributed by atoms with Gasteiger partial charge in [0.05, 0.1) is 21.0 Å². The van der Waals surface area contributed by atoms with Crippen molar-refractivity contribution in [1.82, 2.24) is 4.98 Å². The molecule has 0 unspecified atom stereocenters. The molecule has 8 heteroatoms. The summed E-state index contributed by atoms with van der Waals surface area (Å²) in [5.41, 5.74) is 0.462. The Morgan fingerprint density at radius 3 is 2.81 bits per heavy atom. The maximum atomic E-state index is 13.7. The van der Waals surface area contributed by atoms with Crippen molar-refractivity contribution < 1.29 is 9.31 Å². The minimum Gasteiger partial charge on any atom is -0.365 e. The maximum Gasteiger partial charge on any atom is 0.288 e. The number of nitriles is 1. The van der Waals surface area contributed by atoms with Gasteiger partial charge in [0.25, 0.3) is 5.69 Å². The molecule has 21 heavy (non-hydrogen) atoms. The monoisotopic (exact) mass is 350 g/mol. The van der Waals surface area contributed by atoms with Crippen LogP contribution in [0.3, 0.4) is 0 Å². The molecule has 2 rings (SSSR count). The van der Waals surface area contributed by atoms with Crippen molar-refractivity contribution in [3.8, 4) is 6.07 Å². The van der Waals surface area contributed by atoms with Gasteiger partial charge >= 0.3 is 0 Å². The lowest BCUT2D eigenvalue weighted by atomic mass is 10.1. The number of nitrogens with one attached hydrogen (secondary N) is 1. The standard InChI is InChI=1S/C13H8BrFN4O2/c14-11-4-10(19(20)21)7-18-13(11)17-6-9-2-1-8(5-16)3-12(9)15/h1-4,7H,6H2,(H,17,18). The summed E-state index contributed by atoms with van der Waals surface area (Å²) < 4.78 is 14.1. The molecule has 1 N–H and O–H groups in total. The number of nitro groups is 1. The summed E-state index contributed by atoms with van der Waals surface area (Å²) in [6.07, 6.45) is 1.11. The molecule has 1 heterocycles. The van der Waals surface area contributed by atoms with E-state index in [1.807, 2.05) is 6.07 Å².